The summed E-state index contributed by atoms with van der Waals surface area (Å²) < 4.78 is 29.4. The van der Waals surface area contributed by atoms with E-state index in [4.69, 9.17) is 0 Å². The molecule has 2 heterocycles. The van der Waals surface area contributed by atoms with E-state index in [1.54, 1.807) is 17.0 Å². The number of alkyl halides is 2. The summed E-state index contributed by atoms with van der Waals surface area (Å²) in [7, 11) is 0. The Labute approximate surface area is 163 Å². The van der Waals surface area contributed by atoms with Crippen molar-refractivity contribution in [2.75, 3.05) is 51.1 Å². The van der Waals surface area contributed by atoms with Crippen LogP contribution in [-0.2, 0) is 4.79 Å². The van der Waals surface area contributed by atoms with Gasteiger partial charge in [0.05, 0.1) is 12.2 Å². The van der Waals surface area contributed by atoms with E-state index in [2.05, 4.69) is 15.0 Å². The number of ether oxygens (including phenoxy) is 1. The number of hydrogen-bond acceptors (Lipinski definition) is 4. The van der Waals surface area contributed by atoms with E-state index < -0.39 is 6.61 Å². The van der Waals surface area contributed by atoms with E-state index >= 15 is 0 Å². The third kappa shape index (κ3) is 5.54. The number of likely N-dealkylation sites (tertiary alicyclic amines) is 1. The highest BCUT2D eigenvalue weighted by atomic mass is 19.3. The summed E-state index contributed by atoms with van der Waals surface area (Å²) in [5, 5.41) is 2.63. The Morgan fingerprint density at radius 1 is 0.964 bits per heavy atom. The number of carbonyl (C=O) groups excluding carboxylic acids is 2. The first-order valence-corrected chi connectivity index (χ1v) is 9.63. The molecule has 0 aromatic heterocycles. The molecule has 2 aliphatic rings. The summed E-state index contributed by atoms with van der Waals surface area (Å²) in [5.41, 5.74) is 0.204. The van der Waals surface area contributed by atoms with E-state index in [1.807, 2.05) is 4.90 Å². The predicted octanol–water partition coefficient (Wildman–Crippen LogP) is 2.45. The molecule has 0 unspecified atom stereocenters. The van der Waals surface area contributed by atoms with Crippen LogP contribution in [0.1, 0.15) is 19.3 Å². The molecule has 2 fully saturated rings. The van der Waals surface area contributed by atoms with Gasteiger partial charge in [-0.2, -0.15) is 8.78 Å². The van der Waals surface area contributed by atoms with Crippen molar-refractivity contribution in [2.45, 2.75) is 25.9 Å². The van der Waals surface area contributed by atoms with Gasteiger partial charge in [-0.25, -0.2) is 4.79 Å². The number of urea groups is 1. The van der Waals surface area contributed by atoms with Crippen LogP contribution in [0.15, 0.2) is 24.3 Å². The van der Waals surface area contributed by atoms with Crippen LogP contribution >= 0.6 is 0 Å². The third-order valence-electron chi connectivity index (χ3n) is 5.07. The number of piperidine rings is 1. The van der Waals surface area contributed by atoms with Gasteiger partial charge in [-0.3, -0.25) is 9.69 Å². The predicted molar refractivity (Wildman–Crippen MR) is 101 cm³/mol. The summed E-state index contributed by atoms with van der Waals surface area (Å²) in [6.45, 7) is 1.22. The van der Waals surface area contributed by atoms with Crippen molar-refractivity contribution in [1.82, 2.24) is 14.7 Å². The molecule has 2 saturated heterocycles. The van der Waals surface area contributed by atoms with Gasteiger partial charge in [0.2, 0.25) is 5.91 Å². The van der Waals surface area contributed by atoms with Crippen LogP contribution in [0.25, 0.3) is 0 Å². The number of halogens is 2. The Bertz CT molecular complexity index is 675. The first-order valence-electron chi connectivity index (χ1n) is 9.63. The number of anilines is 1. The highest BCUT2D eigenvalue weighted by molar-refractivity contribution is 5.91. The normalized spacial score (nSPS) is 18.2. The molecule has 0 atom stereocenters. The maximum atomic E-state index is 12.5. The molecule has 0 bridgehead atoms. The molecule has 0 spiro atoms. The summed E-state index contributed by atoms with van der Waals surface area (Å²) in [4.78, 5) is 30.4. The zero-order valence-corrected chi connectivity index (χ0v) is 15.8. The van der Waals surface area contributed by atoms with Crippen LogP contribution in [0.2, 0.25) is 0 Å². The molecule has 28 heavy (non-hydrogen) atoms. The van der Waals surface area contributed by atoms with Crippen LogP contribution in [0.4, 0.5) is 19.3 Å². The highest BCUT2D eigenvalue weighted by Crippen LogP contribution is 2.25. The SMILES string of the molecule is O=C(CN1CCN(C(=O)Nc2ccccc2OC(F)F)CC1)N1CCCCC1. The van der Waals surface area contributed by atoms with Gasteiger partial charge >= 0.3 is 12.6 Å². The lowest BCUT2D eigenvalue weighted by atomic mass is 10.1. The van der Waals surface area contributed by atoms with Crippen molar-refractivity contribution < 1.29 is 23.1 Å². The minimum Gasteiger partial charge on any atom is -0.433 e. The van der Waals surface area contributed by atoms with Crippen LogP contribution < -0.4 is 10.1 Å². The minimum atomic E-state index is -2.96. The summed E-state index contributed by atoms with van der Waals surface area (Å²) >= 11 is 0. The molecule has 1 aromatic carbocycles. The van der Waals surface area contributed by atoms with Gasteiger partial charge in [0.1, 0.15) is 5.75 Å². The lowest BCUT2D eigenvalue weighted by Gasteiger charge is -2.36. The Balaban J connectivity index is 1.47. The van der Waals surface area contributed by atoms with Crippen molar-refractivity contribution in [3.8, 4) is 5.75 Å². The van der Waals surface area contributed by atoms with E-state index in [0.29, 0.717) is 32.7 Å². The Morgan fingerprint density at radius 3 is 2.32 bits per heavy atom. The molecular weight excluding hydrogens is 370 g/mol. The number of amides is 3. The fraction of sp³-hybridized carbons (Fsp3) is 0.579. The fourth-order valence-corrected chi connectivity index (χ4v) is 3.51. The largest absolute Gasteiger partial charge is 0.433 e. The van der Waals surface area contributed by atoms with Crippen LogP contribution in [0.3, 0.4) is 0 Å². The average molecular weight is 396 g/mol. The van der Waals surface area contributed by atoms with Gasteiger partial charge in [-0.05, 0) is 31.4 Å². The average Bonchev–Trinajstić information content (AvgIpc) is 2.70. The molecule has 154 valence electrons. The second-order valence-electron chi connectivity index (χ2n) is 7.01. The molecule has 9 heteroatoms. The van der Waals surface area contributed by atoms with Crippen LogP contribution in [0.5, 0.6) is 5.75 Å². The van der Waals surface area contributed by atoms with Gasteiger partial charge < -0.3 is 19.9 Å². The Morgan fingerprint density at radius 2 is 1.64 bits per heavy atom. The molecular formula is C19H26F2N4O3. The van der Waals surface area contributed by atoms with Gasteiger partial charge in [-0.15, -0.1) is 0 Å². The molecule has 7 nitrogen and oxygen atoms in total. The lowest BCUT2D eigenvalue weighted by Crippen LogP contribution is -2.52. The van der Waals surface area contributed by atoms with Crippen molar-refractivity contribution >= 4 is 17.6 Å². The van der Waals surface area contributed by atoms with Gasteiger partial charge in [0.15, 0.2) is 0 Å². The summed E-state index contributed by atoms with van der Waals surface area (Å²) in [5.74, 6) is 0.0762. The minimum absolute atomic E-state index is 0.0726. The van der Waals surface area contributed by atoms with E-state index in [-0.39, 0.29) is 23.4 Å². The molecule has 3 rings (SSSR count). The second-order valence-corrected chi connectivity index (χ2v) is 7.01. The maximum absolute atomic E-state index is 12.5. The number of benzene rings is 1. The van der Waals surface area contributed by atoms with Gasteiger partial charge in [-0.1, -0.05) is 12.1 Å². The van der Waals surface area contributed by atoms with Crippen LogP contribution in [0, 0.1) is 0 Å². The lowest BCUT2D eigenvalue weighted by molar-refractivity contribution is -0.133. The second kappa shape index (κ2) is 9.68. The van der Waals surface area contributed by atoms with Crippen LogP contribution in [-0.4, -0.2) is 79.1 Å². The number of piperazine rings is 1. The molecule has 1 aromatic rings. The van der Waals surface area contributed by atoms with E-state index in [0.717, 1.165) is 25.9 Å². The third-order valence-corrected chi connectivity index (χ3v) is 5.07. The molecule has 0 radical (unpaired) electrons. The molecule has 1 N–H and O–H groups in total. The Hall–Kier alpha value is -2.42. The van der Waals surface area contributed by atoms with Gasteiger partial charge in [0, 0.05) is 39.3 Å². The topological polar surface area (TPSA) is 65.1 Å². The standard InChI is InChI=1S/C19H26F2N4O3/c20-18(21)28-16-7-3-2-6-15(16)22-19(27)25-12-10-23(11-13-25)14-17(26)24-8-4-1-5-9-24/h2-3,6-7,18H,1,4-5,8-14H2,(H,22,27). The van der Waals surface area contributed by atoms with Crippen molar-refractivity contribution in [1.29, 1.82) is 0 Å². The number of nitrogens with zero attached hydrogens (tertiary/aromatic N) is 3. The highest BCUT2D eigenvalue weighted by Gasteiger charge is 2.25. The van der Waals surface area contributed by atoms with Crippen molar-refractivity contribution in [2.24, 2.45) is 0 Å². The van der Waals surface area contributed by atoms with Crippen molar-refractivity contribution in [3.63, 3.8) is 0 Å². The number of rotatable bonds is 5. The quantitative estimate of drug-likeness (QED) is 0.830. The molecule has 2 aliphatic heterocycles. The number of hydrogen-bond donors (Lipinski definition) is 1. The van der Waals surface area contributed by atoms with E-state index in [1.165, 1.54) is 18.6 Å². The Kier molecular flexibility index (Phi) is 7.02. The summed E-state index contributed by atoms with van der Waals surface area (Å²) in [6.07, 6.45) is 3.32. The maximum Gasteiger partial charge on any atom is 0.387 e. The number of nitrogens with one attached hydrogen (secondary N) is 1. The number of carbonyl (C=O) groups is 2. The molecule has 0 saturated carbocycles. The van der Waals surface area contributed by atoms with Crippen molar-refractivity contribution in [3.05, 3.63) is 24.3 Å². The smallest absolute Gasteiger partial charge is 0.387 e. The first kappa shape index (κ1) is 20.3. The first-order chi connectivity index (χ1) is 13.5. The zero-order chi connectivity index (χ0) is 19.9. The fourth-order valence-electron chi connectivity index (χ4n) is 3.51. The van der Waals surface area contributed by atoms with E-state index in [9.17, 15) is 18.4 Å². The molecule has 3 amide bonds. The van der Waals surface area contributed by atoms with Gasteiger partial charge in [0.25, 0.3) is 0 Å². The number of para-hydroxylation sites is 2. The molecule has 0 aliphatic carbocycles. The summed E-state index contributed by atoms with van der Waals surface area (Å²) in [6, 6.07) is 5.73. The zero-order valence-electron chi connectivity index (χ0n) is 15.8. The monoisotopic (exact) mass is 396 g/mol.